The first kappa shape index (κ1) is 14.6. The molecule has 0 saturated carbocycles. The highest BCUT2D eigenvalue weighted by Crippen LogP contribution is 2.19. The first-order chi connectivity index (χ1) is 9.19. The number of hydrogen-bond donors (Lipinski definition) is 1. The Bertz CT molecular complexity index is 365. The van der Waals surface area contributed by atoms with Crippen molar-refractivity contribution in [3.05, 3.63) is 24.0 Å². The van der Waals surface area contributed by atoms with Gasteiger partial charge in [0.2, 0.25) is 0 Å². The molecule has 108 valence electrons. The standard InChI is InChI=1S/C16H28N2O/c1-14(2)5-11-18-8-3-4-16(18)12-17-9-6-15(13-19)7-10-17/h3-4,8,14-15,19H,5-7,9-13H2,1-2H3. The Morgan fingerprint density at radius 1 is 1.32 bits per heavy atom. The smallest absolute Gasteiger partial charge is 0.0460 e. The monoisotopic (exact) mass is 264 g/mol. The fourth-order valence-electron chi connectivity index (χ4n) is 2.76. The predicted octanol–water partition coefficient (Wildman–Crippen LogP) is 2.74. The summed E-state index contributed by atoms with van der Waals surface area (Å²) >= 11 is 0. The van der Waals surface area contributed by atoms with E-state index >= 15 is 0 Å². The van der Waals surface area contributed by atoms with Crippen LogP contribution in [0.3, 0.4) is 0 Å². The molecule has 0 aliphatic carbocycles. The third kappa shape index (κ3) is 4.36. The molecular formula is C16H28N2O. The van der Waals surface area contributed by atoms with Gasteiger partial charge < -0.3 is 9.67 Å². The molecule has 1 saturated heterocycles. The number of aromatic nitrogens is 1. The zero-order valence-electron chi connectivity index (χ0n) is 12.4. The molecule has 0 spiro atoms. The van der Waals surface area contributed by atoms with Crippen LogP contribution in [-0.2, 0) is 13.1 Å². The Balaban J connectivity index is 1.84. The minimum Gasteiger partial charge on any atom is -0.396 e. The normalized spacial score (nSPS) is 18.3. The van der Waals surface area contributed by atoms with E-state index in [0.29, 0.717) is 12.5 Å². The van der Waals surface area contributed by atoms with E-state index in [1.54, 1.807) is 0 Å². The van der Waals surface area contributed by atoms with E-state index in [0.717, 1.165) is 44.9 Å². The maximum Gasteiger partial charge on any atom is 0.0460 e. The van der Waals surface area contributed by atoms with Crippen molar-refractivity contribution >= 4 is 0 Å². The van der Waals surface area contributed by atoms with Crippen LogP contribution in [0.15, 0.2) is 18.3 Å². The van der Waals surface area contributed by atoms with Crippen LogP contribution in [0.1, 0.15) is 38.8 Å². The zero-order chi connectivity index (χ0) is 13.7. The van der Waals surface area contributed by atoms with Gasteiger partial charge in [0.1, 0.15) is 0 Å². The average molecular weight is 264 g/mol. The van der Waals surface area contributed by atoms with Crippen molar-refractivity contribution < 1.29 is 5.11 Å². The molecule has 0 aromatic carbocycles. The van der Waals surface area contributed by atoms with Crippen molar-refractivity contribution in [2.75, 3.05) is 19.7 Å². The summed E-state index contributed by atoms with van der Waals surface area (Å²) in [4.78, 5) is 2.52. The third-order valence-corrected chi connectivity index (χ3v) is 4.22. The van der Waals surface area contributed by atoms with Gasteiger partial charge in [0.05, 0.1) is 0 Å². The Kier molecular flexibility index (Phi) is 5.46. The third-order valence-electron chi connectivity index (χ3n) is 4.22. The summed E-state index contributed by atoms with van der Waals surface area (Å²) in [7, 11) is 0. The summed E-state index contributed by atoms with van der Waals surface area (Å²) in [5, 5.41) is 9.18. The molecule has 19 heavy (non-hydrogen) atoms. The van der Waals surface area contributed by atoms with Gasteiger partial charge in [-0.05, 0) is 56.3 Å². The number of hydrogen-bond acceptors (Lipinski definition) is 2. The van der Waals surface area contributed by atoms with Crippen molar-refractivity contribution in [1.82, 2.24) is 9.47 Å². The van der Waals surface area contributed by atoms with Crippen LogP contribution in [0.2, 0.25) is 0 Å². The van der Waals surface area contributed by atoms with Gasteiger partial charge in [-0.1, -0.05) is 13.8 Å². The van der Waals surface area contributed by atoms with Crippen molar-refractivity contribution in [1.29, 1.82) is 0 Å². The van der Waals surface area contributed by atoms with E-state index in [1.807, 2.05) is 0 Å². The van der Waals surface area contributed by atoms with Crippen molar-refractivity contribution in [3.63, 3.8) is 0 Å². The Labute approximate surface area is 117 Å². The van der Waals surface area contributed by atoms with Crippen LogP contribution in [-0.4, -0.2) is 34.3 Å². The second-order valence-corrected chi connectivity index (χ2v) is 6.28. The lowest BCUT2D eigenvalue weighted by Crippen LogP contribution is -2.34. The highest BCUT2D eigenvalue weighted by molar-refractivity contribution is 5.07. The summed E-state index contributed by atoms with van der Waals surface area (Å²) in [5.74, 6) is 1.29. The van der Waals surface area contributed by atoms with E-state index in [2.05, 4.69) is 41.6 Å². The van der Waals surface area contributed by atoms with Gasteiger partial charge >= 0.3 is 0 Å². The highest BCUT2D eigenvalue weighted by Gasteiger charge is 2.19. The van der Waals surface area contributed by atoms with Crippen molar-refractivity contribution in [2.24, 2.45) is 11.8 Å². The van der Waals surface area contributed by atoms with Crippen LogP contribution in [0.5, 0.6) is 0 Å². The van der Waals surface area contributed by atoms with Crippen LogP contribution >= 0.6 is 0 Å². The van der Waals surface area contributed by atoms with Crippen LogP contribution in [0, 0.1) is 11.8 Å². The van der Waals surface area contributed by atoms with Gasteiger partial charge in [-0.25, -0.2) is 0 Å². The topological polar surface area (TPSA) is 28.4 Å². The van der Waals surface area contributed by atoms with Gasteiger partial charge in [0.15, 0.2) is 0 Å². The molecule has 1 aliphatic heterocycles. The number of aliphatic hydroxyl groups excluding tert-OH is 1. The number of likely N-dealkylation sites (tertiary alicyclic amines) is 1. The quantitative estimate of drug-likeness (QED) is 0.856. The molecule has 3 heteroatoms. The van der Waals surface area contributed by atoms with Crippen LogP contribution < -0.4 is 0 Å². The lowest BCUT2D eigenvalue weighted by atomic mass is 9.98. The van der Waals surface area contributed by atoms with Gasteiger partial charge in [0.25, 0.3) is 0 Å². The lowest BCUT2D eigenvalue weighted by Gasteiger charge is -2.31. The Hall–Kier alpha value is -0.800. The molecule has 1 aromatic rings. The number of nitrogens with zero attached hydrogens (tertiary/aromatic N) is 2. The maximum atomic E-state index is 9.18. The molecule has 3 nitrogen and oxygen atoms in total. The molecule has 2 rings (SSSR count). The first-order valence-electron chi connectivity index (χ1n) is 7.66. The SMILES string of the molecule is CC(C)CCn1cccc1CN1CCC(CO)CC1. The Morgan fingerprint density at radius 3 is 2.68 bits per heavy atom. The first-order valence-corrected chi connectivity index (χ1v) is 7.66. The number of aliphatic hydroxyl groups is 1. The second-order valence-electron chi connectivity index (χ2n) is 6.28. The van der Waals surface area contributed by atoms with Gasteiger partial charge in [-0.15, -0.1) is 0 Å². The summed E-state index contributed by atoms with van der Waals surface area (Å²) in [6, 6.07) is 4.41. The molecule has 0 unspecified atom stereocenters. The number of rotatable bonds is 6. The summed E-state index contributed by atoms with van der Waals surface area (Å²) in [6.07, 6.45) is 5.73. The predicted molar refractivity (Wildman–Crippen MR) is 79.0 cm³/mol. The van der Waals surface area contributed by atoms with Crippen LogP contribution in [0.25, 0.3) is 0 Å². The maximum absolute atomic E-state index is 9.18. The van der Waals surface area contributed by atoms with E-state index in [1.165, 1.54) is 12.1 Å². The van der Waals surface area contributed by atoms with Crippen LogP contribution in [0.4, 0.5) is 0 Å². The molecule has 1 fully saturated rings. The van der Waals surface area contributed by atoms with Gasteiger partial charge in [-0.2, -0.15) is 0 Å². The lowest BCUT2D eigenvalue weighted by molar-refractivity contribution is 0.125. The van der Waals surface area contributed by atoms with E-state index in [-0.39, 0.29) is 0 Å². The zero-order valence-corrected chi connectivity index (χ0v) is 12.4. The van der Waals surface area contributed by atoms with Gasteiger partial charge in [0, 0.05) is 31.6 Å². The van der Waals surface area contributed by atoms with E-state index in [9.17, 15) is 5.11 Å². The minimum atomic E-state index is 0.360. The van der Waals surface area contributed by atoms with E-state index in [4.69, 9.17) is 0 Å². The summed E-state index contributed by atoms with van der Waals surface area (Å²) in [5.41, 5.74) is 1.43. The largest absolute Gasteiger partial charge is 0.396 e. The second kappa shape index (κ2) is 7.11. The molecule has 0 atom stereocenters. The van der Waals surface area contributed by atoms with Crippen molar-refractivity contribution in [2.45, 2.75) is 46.2 Å². The molecule has 1 aliphatic rings. The minimum absolute atomic E-state index is 0.360. The molecule has 2 heterocycles. The number of piperidine rings is 1. The molecule has 0 bridgehead atoms. The van der Waals surface area contributed by atoms with Crippen molar-refractivity contribution in [3.8, 4) is 0 Å². The Morgan fingerprint density at radius 2 is 2.05 bits per heavy atom. The van der Waals surface area contributed by atoms with Gasteiger partial charge in [-0.3, -0.25) is 4.90 Å². The molecular weight excluding hydrogens is 236 g/mol. The molecule has 0 radical (unpaired) electrons. The average Bonchev–Trinajstić information content (AvgIpc) is 2.84. The highest BCUT2D eigenvalue weighted by atomic mass is 16.3. The van der Waals surface area contributed by atoms with E-state index < -0.39 is 0 Å². The summed E-state index contributed by atoms with van der Waals surface area (Å²) < 4.78 is 2.40. The fourth-order valence-corrected chi connectivity index (χ4v) is 2.76. The number of aryl methyl sites for hydroxylation is 1. The molecule has 1 N–H and O–H groups in total. The molecule has 1 aromatic heterocycles. The summed E-state index contributed by atoms with van der Waals surface area (Å²) in [6.45, 7) is 9.36. The molecule has 0 amide bonds. The fraction of sp³-hybridized carbons (Fsp3) is 0.750.